The van der Waals surface area contributed by atoms with Crippen LogP contribution in [0.2, 0.25) is 0 Å². The highest BCUT2D eigenvalue weighted by Gasteiger charge is 2.45. The number of fused-ring (bicyclic) bond motifs is 1. The maximum absolute atomic E-state index is 15.4. The summed E-state index contributed by atoms with van der Waals surface area (Å²) in [6.07, 6.45) is -3.63. The smallest absolute Gasteiger partial charge is 0.267 e. The van der Waals surface area contributed by atoms with Crippen molar-refractivity contribution in [2.24, 2.45) is 34.5 Å². The number of likely N-dealkylation sites (N-methyl/N-ethyl adjacent to an activating group) is 2. The molecule has 4 aromatic rings. The maximum Gasteiger partial charge on any atom is 0.267 e. The summed E-state index contributed by atoms with van der Waals surface area (Å²) < 4.78 is 37.5. The van der Waals surface area contributed by atoms with Crippen molar-refractivity contribution < 1.29 is 99.6 Å². The number of benzene rings is 3. The average molecular weight is 1800 g/mol. The van der Waals surface area contributed by atoms with Gasteiger partial charge < -0.3 is 106 Å². The quantitative estimate of drug-likeness (QED) is 0.00683. The molecule has 0 saturated carbocycles. The van der Waals surface area contributed by atoms with E-state index in [0.29, 0.717) is 45.3 Å². The number of rotatable bonds is 36. The Morgan fingerprint density at radius 3 is 1.93 bits per heavy atom. The van der Waals surface area contributed by atoms with Crippen LogP contribution in [0.15, 0.2) is 89.5 Å². The van der Waals surface area contributed by atoms with Crippen LogP contribution in [0.5, 0.6) is 0 Å². The van der Waals surface area contributed by atoms with E-state index in [1.807, 2.05) is 0 Å². The Hall–Kier alpha value is -12.0. The monoisotopic (exact) mass is 1800 g/mol. The molecular formula is C80H113BrN20O21S. The molecular weight excluding hydrogens is 1690 g/mol. The predicted molar refractivity (Wildman–Crippen MR) is 449 cm³/mol. The molecule has 15 atom stereocenters. The number of hydrogen-bond acceptors (Lipinski definition) is 21. The van der Waals surface area contributed by atoms with Gasteiger partial charge in [0.1, 0.15) is 84.3 Å². The van der Waals surface area contributed by atoms with Crippen LogP contribution in [0.3, 0.4) is 0 Å². The first kappa shape index (κ1) is 99.8. The van der Waals surface area contributed by atoms with E-state index in [2.05, 4.69) is 84.7 Å². The second kappa shape index (κ2) is 45.8. The van der Waals surface area contributed by atoms with Gasteiger partial charge in [-0.15, -0.1) is 0 Å². The first-order valence-electron chi connectivity index (χ1n) is 39.9. The lowest BCUT2D eigenvalue weighted by Crippen LogP contribution is -2.63. The molecule has 1 aromatic heterocycles. The van der Waals surface area contributed by atoms with Crippen molar-refractivity contribution >= 4 is 144 Å². The number of aromatic nitrogens is 1. The molecule has 0 spiro atoms. The van der Waals surface area contributed by atoms with Crippen molar-refractivity contribution in [1.29, 1.82) is 5.41 Å². The van der Waals surface area contributed by atoms with Gasteiger partial charge in [-0.2, -0.15) is 8.42 Å². The van der Waals surface area contributed by atoms with Gasteiger partial charge in [0.15, 0.2) is 11.7 Å². The van der Waals surface area contributed by atoms with E-state index < -0.39 is 257 Å². The van der Waals surface area contributed by atoms with Crippen LogP contribution in [0.1, 0.15) is 123 Å². The summed E-state index contributed by atoms with van der Waals surface area (Å²) >= 11 is 3.39. The molecule has 22 N–H and O–H groups in total. The fraction of sp³-hybridized carbons (Fsp3) is 0.525. The molecule has 0 unspecified atom stereocenters. The molecule has 3 heterocycles. The molecule has 0 bridgehead atoms. The highest BCUT2D eigenvalue weighted by Crippen LogP contribution is 2.26. The minimum absolute atomic E-state index is 0.0107. The Balaban J connectivity index is 1.36. The van der Waals surface area contributed by atoms with Gasteiger partial charge >= 0.3 is 0 Å². The molecule has 2 aliphatic heterocycles. The van der Waals surface area contributed by atoms with Crippen molar-refractivity contribution in [3.8, 4) is 0 Å². The third-order valence-corrected chi connectivity index (χ3v) is 22.1. The number of halogens is 1. The van der Waals surface area contributed by atoms with Crippen LogP contribution in [0, 0.1) is 22.7 Å². The van der Waals surface area contributed by atoms with Crippen LogP contribution >= 0.6 is 15.9 Å². The minimum Gasteiger partial charge on any atom is -0.391 e. The zero-order valence-electron chi connectivity index (χ0n) is 70.0. The number of carbonyl (C=O) groups is 17. The van der Waals surface area contributed by atoms with Gasteiger partial charge in [0.2, 0.25) is 95.0 Å². The highest BCUT2D eigenvalue weighted by atomic mass is 79.9. The standard InChI is InChI=1S/C80H113BrN20O21S/c1-41(2)62(95-72(113)59-23-17-31-101(59)77(118)55(92-66(107)43(4)88-40-102)34-46-24-26-48(81)27-25-46)73(114)98-65(80(6,7)8)75(116)91-54(35-47-37-87-51-21-15-14-20-50(47)51)68(109)89-52(22-16-30-86-79(84)85)67(108)94-57(39-123(120,121)122)70(111)96-63-42(3)32-49(104)38-99(9)76(117)56(36-61(83)106)93-74(115)64(44(5)103)97-69(110)53(33-45-18-12-11-13-19-45)90-71(112)58(28-29-60(82)105)100(10)78(63)119/h11-15,18-21,24-27,37,40-44,52-59,62-65,87,103H,16-17,22-23,28-36,38-39H2,1-10H3,(H2,82,105)(H2,83,106)(H,88,102)(H,89,109)(H,90,112)(H,91,116)(H,92,107)(H,93,115)(H,94,108)(H,95,113)(H,96,111)(H,97,110)(H,98,114)(H4,84,85,86)(H,120,121,122)/t42-,43+,44+,52-,53+,54-,55-,56-,57+,58-,59-,62+,63-,64-,65+/m0/s1. The number of amides is 16. The molecule has 3 aromatic carbocycles. The third kappa shape index (κ3) is 30.2. The van der Waals surface area contributed by atoms with Gasteiger partial charge in [0, 0.05) is 80.9 Å². The van der Waals surface area contributed by atoms with E-state index in [1.165, 1.54) is 18.7 Å². The van der Waals surface area contributed by atoms with Gasteiger partial charge in [0.05, 0.1) is 19.1 Å². The summed E-state index contributed by atoms with van der Waals surface area (Å²) in [4.78, 5) is 247. The summed E-state index contributed by atoms with van der Waals surface area (Å²) in [5.41, 5.74) is 17.5. The molecule has 43 heteroatoms. The van der Waals surface area contributed by atoms with Crippen LogP contribution < -0.4 is 81.0 Å². The number of aliphatic hydroxyl groups excluding tert-OH is 1. The summed E-state index contributed by atoms with van der Waals surface area (Å²) in [7, 11) is -3.31. The number of hydrogen-bond donors (Lipinski definition) is 19. The summed E-state index contributed by atoms with van der Waals surface area (Å²) in [5, 5.41) is 49.4. The number of para-hydroxylation sites is 1. The number of ketones is 1. The Morgan fingerprint density at radius 1 is 0.699 bits per heavy atom. The van der Waals surface area contributed by atoms with Crippen LogP contribution in [0.4, 0.5) is 0 Å². The molecule has 16 amide bonds. The van der Waals surface area contributed by atoms with Gasteiger partial charge in [-0.1, -0.05) is 118 Å². The predicted octanol–water partition coefficient (Wildman–Crippen LogP) is -3.80. The number of primary amides is 2. The number of aromatic amines is 1. The highest BCUT2D eigenvalue weighted by molar-refractivity contribution is 9.10. The van der Waals surface area contributed by atoms with Crippen molar-refractivity contribution in [2.45, 2.75) is 211 Å². The lowest BCUT2D eigenvalue weighted by Gasteiger charge is -2.35. The van der Waals surface area contributed by atoms with Gasteiger partial charge in [-0.25, -0.2) is 0 Å². The molecule has 2 saturated heterocycles. The number of nitrogens with one attached hydrogen (secondary N) is 14. The van der Waals surface area contributed by atoms with Gasteiger partial charge in [-0.3, -0.25) is 91.5 Å². The molecule has 41 nitrogen and oxygen atoms in total. The fourth-order valence-corrected chi connectivity index (χ4v) is 15.0. The molecule has 672 valence electrons. The summed E-state index contributed by atoms with van der Waals surface area (Å²) in [6.45, 7) is 10.8. The fourth-order valence-electron chi connectivity index (χ4n) is 14.1. The number of Topliss-reactive ketones (excluding diaryl/α,β-unsaturated/α-hetero) is 1. The average Bonchev–Trinajstić information content (AvgIpc) is 1.78. The number of nitrogens with zero attached hydrogens (tertiary/aromatic N) is 3. The van der Waals surface area contributed by atoms with E-state index >= 15 is 24.0 Å². The zero-order valence-corrected chi connectivity index (χ0v) is 72.4. The van der Waals surface area contributed by atoms with Crippen LogP contribution in [-0.2, 0) is 111 Å². The number of aliphatic hydroxyl groups is 1. The topological polar surface area (TPSA) is 637 Å². The first-order valence-corrected chi connectivity index (χ1v) is 42.3. The number of likely N-dealkylation sites (tertiary alicyclic amines) is 1. The summed E-state index contributed by atoms with van der Waals surface area (Å²) in [5.74, 6) is -21.4. The van der Waals surface area contributed by atoms with E-state index in [4.69, 9.17) is 22.6 Å². The third-order valence-electron chi connectivity index (χ3n) is 20.8. The second-order valence-electron chi connectivity index (χ2n) is 32.2. The lowest BCUT2D eigenvalue weighted by atomic mass is 9.85. The zero-order chi connectivity index (χ0) is 91.7. The first-order chi connectivity index (χ1) is 57.7. The Labute approximate surface area is 719 Å². The number of carbonyl (C=O) groups excluding carboxylic acids is 17. The van der Waals surface area contributed by atoms with Crippen molar-refractivity contribution in [2.75, 3.05) is 39.5 Å². The van der Waals surface area contributed by atoms with Crippen LogP contribution in [-0.4, -0.2) is 269 Å². The second-order valence-corrected chi connectivity index (χ2v) is 34.6. The maximum atomic E-state index is 15.4. The van der Waals surface area contributed by atoms with E-state index in [9.17, 15) is 75.6 Å². The van der Waals surface area contributed by atoms with Crippen molar-refractivity contribution in [3.05, 3.63) is 106 Å². The van der Waals surface area contributed by atoms with E-state index in [-0.39, 0.29) is 45.2 Å². The van der Waals surface area contributed by atoms with Gasteiger partial charge in [-0.05, 0) is 98.1 Å². The Bertz CT molecular complexity index is 4640. The minimum atomic E-state index is -5.42. The van der Waals surface area contributed by atoms with Gasteiger partial charge in [0.25, 0.3) is 10.1 Å². The van der Waals surface area contributed by atoms with Crippen molar-refractivity contribution in [3.63, 3.8) is 0 Å². The molecule has 0 aliphatic carbocycles. The summed E-state index contributed by atoms with van der Waals surface area (Å²) in [6, 6.07) is -0.123. The largest absolute Gasteiger partial charge is 0.391 e. The number of guanidine groups is 1. The molecule has 2 aliphatic rings. The Kier molecular flexibility index (Phi) is 37.1. The van der Waals surface area contributed by atoms with E-state index in [0.717, 1.165) is 30.4 Å². The number of H-pyrrole nitrogens is 1. The van der Waals surface area contributed by atoms with E-state index in [1.54, 1.807) is 120 Å². The molecule has 0 radical (unpaired) electrons. The number of nitrogens with two attached hydrogens (primary N) is 3. The molecule has 123 heavy (non-hydrogen) atoms. The normalized spacial score (nSPS) is 20.4. The Morgan fingerprint density at radius 2 is 1.32 bits per heavy atom. The molecule has 2 fully saturated rings. The van der Waals surface area contributed by atoms with Crippen LogP contribution in [0.25, 0.3) is 10.9 Å². The SMILES string of the molecule is CC(C)[C@@H](NC(=O)[C@@H]1CCCN1C(=O)[C@H](Cc1ccc(Br)cc1)NC(=O)[C@@H](C)NC=O)C(=O)N[C@H](C(=O)N[C@@H](Cc1c[nH]c2ccccc12)C(=O)N[C@@H](CCCNC(=N)N)C(=O)N[C@H](CS(=O)(=O)O)C(=O)N[C@@H]1C(=O)N(C)[C@@H](CCC(N)=O)C(=O)N[C@H](Cc2ccccc2)C(=O)N[C@@H]([C@@H](C)O)C(=O)N[C@@H](CC(N)=O)C(=O)N(C)CC(=O)C[C@@H]1C)C(C)(C)C. The lowest BCUT2D eigenvalue weighted by molar-refractivity contribution is -0.145. The molecule has 6 rings (SSSR count). The van der Waals surface area contributed by atoms with Crippen molar-refractivity contribution in [1.82, 2.24) is 83.5 Å².